The van der Waals surface area contributed by atoms with Crippen molar-refractivity contribution in [2.45, 2.75) is 25.4 Å². The standard InChI is InChI=1S/C14H21N3O.ClH/c1-17(13(8-15)11-5-6-11)9-10-3-2-4-12(7-10)14(16)18;/h2-4,7,11,13H,5-6,8-9,15H2,1H3,(H2,16,18);1H. The Morgan fingerprint density at radius 2 is 2.16 bits per heavy atom. The average molecular weight is 284 g/mol. The van der Waals surface area contributed by atoms with Gasteiger partial charge in [0.1, 0.15) is 0 Å². The third kappa shape index (κ3) is 4.20. The second-order valence-corrected chi connectivity index (χ2v) is 5.12. The van der Waals surface area contributed by atoms with Crippen LogP contribution in [0.25, 0.3) is 0 Å². The topological polar surface area (TPSA) is 72.3 Å². The predicted octanol–water partition coefficient (Wildman–Crippen LogP) is 1.38. The summed E-state index contributed by atoms with van der Waals surface area (Å²) in [5.74, 6) is 0.372. The molecule has 0 heterocycles. The van der Waals surface area contributed by atoms with Gasteiger partial charge < -0.3 is 11.5 Å². The van der Waals surface area contributed by atoms with Crippen LogP contribution in [0.15, 0.2) is 24.3 Å². The quantitative estimate of drug-likeness (QED) is 0.828. The molecule has 2 rings (SSSR count). The van der Waals surface area contributed by atoms with E-state index in [2.05, 4.69) is 11.9 Å². The lowest BCUT2D eigenvalue weighted by atomic mass is 10.1. The molecule has 0 radical (unpaired) electrons. The molecule has 0 spiro atoms. The summed E-state index contributed by atoms with van der Waals surface area (Å²) >= 11 is 0. The third-order valence-electron chi connectivity index (χ3n) is 3.62. The highest BCUT2D eigenvalue weighted by Crippen LogP contribution is 2.34. The number of nitrogens with zero attached hydrogens (tertiary/aromatic N) is 1. The van der Waals surface area contributed by atoms with Gasteiger partial charge in [0.2, 0.25) is 5.91 Å². The molecule has 1 aliphatic carbocycles. The van der Waals surface area contributed by atoms with Crippen molar-refractivity contribution in [3.8, 4) is 0 Å². The summed E-state index contributed by atoms with van der Waals surface area (Å²) in [6.07, 6.45) is 2.57. The number of hydrogen-bond donors (Lipinski definition) is 2. The Morgan fingerprint density at radius 3 is 2.68 bits per heavy atom. The lowest BCUT2D eigenvalue weighted by molar-refractivity contribution is 0.1000. The summed E-state index contributed by atoms with van der Waals surface area (Å²) in [6.45, 7) is 1.50. The normalized spacial score (nSPS) is 15.9. The van der Waals surface area contributed by atoms with Crippen LogP contribution in [0.3, 0.4) is 0 Å². The minimum absolute atomic E-state index is 0. The summed E-state index contributed by atoms with van der Waals surface area (Å²) in [7, 11) is 2.09. The number of rotatable bonds is 6. The van der Waals surface area contributed by atoms with Gasteiger partial charge in [-0.05, 0) is 43.5 Å². The number of benzene rings is 1. The van der Waals surface area contributed by atoms with E-state index >= 15 is 0 Å². The predicted molar refractivity (Wildman–Crippen MR) is 79.2 cm³/mol. The highest BCUT2D eigenvalue weighted by molar-refractivity contribution is 5.92. The largest absolute Gasteiger partial charge is 0.366 e. The van der Waals surface area contributed by atoms with Crippen molar-refractivity contribution < 1.29 is 4.79 Å². The van der Waals surface area contributed by atoms with Crippen LogP contribution in [0, 0.1) is 5.92 Å². The van der Waals surface area contributed by atoms with Crippen LogP contribution in [0.2, 0.25) is 0 Å². The fraction of sp³-hybridized carbons (Fsp3) is 0.500. The van der Waals surface area contributed by atoms with E-state index in [1.807, 2.05) is 18.2 Å². The molecule has 1 saturated carbocycles. The van der Waals surface area contributed by atoms with Gasteiger partial charge in [-0.15, -0.1) is 12.4 Å². The number of primary amides is 1. The van der Waals surface area contributed by atoms with Gasteiger partial charge in [0, 0.05) is 24.7 Å². The molecule has 1 atom stereocenters. The van der Waals surface area contributed by atoms with Crippen LogP contribution < -0.4 is 11.5 Å². The van der Waals surface area contributed by atoms with Gasteiger partial charge in [-0.25, -0.2) is 0 Å². The van der Waals surface area contributed by atoms with E-state index in [0.717, 1.165) is 18.0 Å². The fourth-order valence-electron chi connectivity index (χ4n) is 2.44. The molecule has 0 aromatic heterocycles. The van der Waals surface area contributed by atoms with E-state index in [1.54, 1.807) is 6.07 Å². The van der Waals surface area contributed by atoms with Gasteiger partial charge in [0.15, 0.2) is 0 Å². The minimum Gasteiger partial charge on any atom is -0.366 e. The molecule has 1 unspecified atom stereocenters. The first kappa shape index (κ1) is 16.0. The second-order valence-electron chi connectivity index (χ2n) is 5.12. The van der Waals surface area contributed by atoms with Gasteiger partial charge in [-0.3, -0.25) is 9.69 Å². The highest BCUT2D eigenvalue weighted by atomic mass is 35.5. The summed E-state index contributed by atoms with van der Waals surface area (Å²) in [6, 6.07) is 7.94. The molecule has 0 saturated heterocycles. The molecule has 1 aromatic carbocycles. The van der Waals surface area contributed by atoms with Gasteiger partial charge in [-0.2, -0.15) is 0 Å². The molecule has 4 N–H and O–H groups in total. The van der Waals surface area contributed by atoms with Crippen molar-refractivity contribution in [2.75, 3.05) is 13.6 Å². The number of nitrogens with two attached hydrogens (primary N) is 2. The summed E-state index contributed by atoms with van der Waals surface area (Å²) in [5, 5.41) is 0. The minimum atomic E-state index is -0.378. The Balaban J connectivity index is 0.00000180. The molecule has 1 fully saturated rings. The van der Waals surface area contributed by atoms with Crippen LogP contribution in [0.4, 0.5) is 0 Å². The zero-order valence-electron chi connectivity index (χ0n) is 11.2. The van der Waals surface area contributed by atoms with E-state index in [9.17, 15) is 4.79 Å². The molecule has 1 aliphatic rings. The smallest absolute Gasteiger partial charge is 0.248 e. The van der Waals surface area contributed by atoms with Crippen LogP contribution >= 0.6 is 12.4 Å². The zero-order valence-corrected chi connectivity index (χ0v) is 12.0. The first-order chi connectivity index (χ1) is 8.61. The molecule has 0 aliphatic heterocycles. The number of halogens is 1. The number of carbonyl (C=O) groups excluding carboxylic acids is 1. The molecular weight excluding hydrogens is 262 g/mol. The molecule has 1 amide bonds. The molecule has 1 aromatic rings. The molecule has 5 heteroatoms. The molecule has 19 heavy (non-hydrogen) atoms. The van der Waals surface area contributed by atoms with Crippen LogP contribution in [-0.4, -0.2) is 30.4 Å². The monoisotopic (exact) mass is 283 g/mol. The van der Waals surface area contributed by atoms with E-state index in [-0.39, 0.29) is 18.3 Å². The summed E-state index contributed by atoms with van der Waals surface area (Å²) < 4.78 is 0. The number of hydrogen-bond acceptors (Lipinski definition) is 3. The van der Waals surface area contributed by atoms with Gasteiger partial charge in [0.25, 0.3) is 0 Å². The van der Waals surface area contributed by atoms with Gasteiger partial charge >= 0.3 is 0 Å². The lowest BCUT2D eigenvalue weighted by Gasteiger charge is -2.27. The van der Waals surface area contributed by atoms with E-state index in [4.69, 9.17) is 11.5 Å². The van der Waals surface area contributed by atoms with Crippen molar-refractivity contribution in [3.63, 3.8) is 0 Å². The number of carbonyl (C=O) groups is 1. The average Bonchev–Trinajstić information content (AvgIpc) is 3.14. The van der Waals surface area contributed by atoms with E-state index < -0.39 is 0 Å². The van der Waals surface area contributed by atoms with Crippen LogP contribution in [0.1, 0.15) is 28.8 Å². The van der Waals surface area contributed by atoms with Crippen molar-refractivity contribution in [1.82, 2.24) is 4.90 Å². The second kappa shape index (κ2) is 6.89. The van der Waals surface area contributed by atoms with Gasteiger partial charge in [-0.1, -0.05) is 12.1 Å². The third-order valence-corrected chi connectivity index (χ3v) is 3.62. The maximum atomic E-state index is 11.1. The number of likely N-dealkylation sites (N-methyl/N-ethyl adjacent to an activating group) is 1. The van der Waals surface area contributed by atoms with Crippen molar-refractivity contribution in [3.05, 3.63) is 35.4 Å². The Hall–Kier alpha value is -1.10. The molecule has 0 bridgehead atoms. The summed E-state index contributed by atoms with van der Waals surface area (Å²) in [4.78, 5) is 13.4. The Kier molecular flexibility index (Phi) is 5.79. The SMILES string of the molecule is CN(Cc1cccc(C(N)=O)c1)C(CN)C1CC1.Cl. The summed E-state index contributed by atoms with van der Waals surface area (Å²) in [5.41, 5.74) is 12.8. The molecule has 106 valence electrons. The maximum Gasteiger partial charge on any atom is 0.248 e. The molecule has 4 nitrogen and oxygen atoms in total. The van der Waals surface area contributed by atoms with E-state index in [1.165, 1.54) is 12.8 Å². The van der Waals surface area contributed by atoms with Crippen molar-refractivity contribution in [2.24, 2.45) is 17.4 Å². The molecular formula is C14H22ClN3O. The first-order valence-corrected chi connectivity index (χ1v) is 6.41. The van der Waals surface area contributed by atoms with E-state index in [0.29, 0.717) is 18.2 Å². The Labute approximate surface area is 120 Å². The van der Waals surface area contributed by atoms with Gasteiger partial charge in [0.05, 0.1) is 0 Å². The lowest BCUT2D eigenvalue weighted by Crippen LogP contribution is -2.39. The highest BCUT2D eigenvalue weighted by Gasteiger charge is 2.32. The van der Waals surface area contributed by atoms with Crippen LogP contribution in [0.5, 0.6) is 0 Å². The number of amides is 1. The maximum absolute atomic E-state index is 11.1. The zero-order chi connectivity index (χ0) is 13.1. The van der Waals surface area contributed by atoms with Crippen LogP contribution in [-0.2, 0) is 6.54 Å². The Bertz CT molecular complexity index is 434. The van der Waals surface area contributed by atoms with Crippen molar-refractivity contribution in [1.29, 1.82) is 0 Å². The Morgan fingerprint density at radius 1 is 1.47 bits per heavy atom. The first-order valence-electron chi connectivity index (χ1n) is 6.41. The van der Waals surface area contributed by atoms with Crippen molar-refractivity contribution >= 4 is 18.3 Å². The fourth-order valence-corrected chi connectivity index (χ4v) is 2.44.